The average Bonchev–Trinajstić information content (AvgIpc) is 2.40. The molecule has 0 radical (unpaired) electrons. The van der Waals surface area contributed by atoms with Crippen molar-refractivity contribution in [2.45, 2.75) is 26.7 Å². The van der Waals surface area contributed by atoms with Crippen LogP contribution < -0.4 is 10.2 Å². The number of nitrogens with one attached hydrogen (secondary N) is 1. The first-order valence-corrected chi connectivity index (χ1v) is 7.17. The van der Waals surface area contributed by atoms with Gasteiger partial charge in [0.25, 0.3) is 0 Å². The molecule has 19 heavy (non-hydrogen) atoms. The number of hydrogen-bond acceptors (Lipinski definition) is 3. The highest BCUT2D eigenvalue weighted by Gasteiger charge is 2.24. The van der Waals surface area contributed by atoms with E-state index in [0.29, 0.717) is 0 Å². The molecule has 4 heteroatoms. The number of nitrogens with zero attached hydrogens (tertiary/aromatic N) is 1. The standard InChI is InChI=1S/C15H25ClN2O/c1-5-15(6-2,11-19)10-17-12-7-8-14(18(3)4)13(16)9-12/h7-9,17,19H,5-6,10-11H2,1-4H3. The summed E-state index contributed by atoms with van der Waals surface area (Å²) in [6.45, 7) is 5.19. The predicted molar refractivity (Wildman–Crippen MR) is 84.4 cm³/mol. The van der Waals surface area contributed by atoms with Gasteiger partial charge in [0, 0.05) is 31.7 Å². The molecule has 0 aromatic heterocycles. The molecule has 3 nitrogen and oxygen atoms in total. The molecule has 0 fully saturated rings. The van der Waals surface area contributed by atoms with Crippen LogP contribution in [0.3, 0.4) is 0 Å². The van der Waals surface area contributed by atoms with Crippen molar-refractivity contribution in [3.63, 3.8) is 0 Å². The third-order valence-electron chi connectivity index (χ3n) is 3.93. The first kappa shape index (κ1) is 16.1. The third-order valence-corrected chi connectivity index (χ3v) is 4.24. The molecule has 2 N–H and O–H groups in total. The quantitative estimate of drug-likeness (QED) is 0.803. The third kappa shape index (κ3) is 4.02. The number of hydrogen-bond donors (Lipinski definition) is 2. The molecule has 0 unspecified atom stereocenters. The van der Waals surface area contributed by atoms with E-state index in [-0.39, 0.29) is 12.0 Å². The Morgan fingerprint density at radius 2 is 1.89 bits per heavy atom. The second kappa shape index (κ2) is 7.01. The van der Waals surface area contributed by atoms with Crippen molar-refractivity contribution >= 4 is 23.0 Å². The van der Waals surface area contributed by atoms with Crippen molar-refractivity contribution in [1.82, 2.24) is 0 Å². The van der Waals surface area contributed by atoms with Gasteiger partial charge in [0.05, 0.1) is 17.3 Å². The van der Waals surface area contributed by atoms with Crippen LogP contribution in [0.2, 0.25) is 5.02 Å². The van der Waals surface area contributed by atoms with E-state index in [0.717, 1.165) is 35.8 Å². The number of halogens is 1. The van der Waals surface area contributed by atoms with Gasteiger partial charge in [0.15, 0.2) is 0 Å². The smallest absolute Gasteiger partial charge is 0.0659 e. The van der Waals surface area contributed by atoms with E-state index in [2.05, 4.69) is 19.2 Å². The van der Waals surface area contributed by atoms with Crippen molar-refractivity contribution in [3.05, 3.63) is 23.2 Å². The summed E-state index contributed by atoms with van der Waals surface area (Å²) in [6, 6.07) is 5.96. The maximum atomic E-state index is 9.55. The van der Waals surface area contributed by atoms with Crippen molar-refractivity contribution in [1.29, 1.82) is 0 Å². The van der Waals surface area contributed by atoms with Gasteiger partial charge in [-0.25, -0.2) is 0 Å². The molecule has 0 saturated carbocycles. The van der Waals surface area contributed by atoms with Crippen LogP contribution >= 0.6 is 11.6 Å². The second-order valence-corrected chi connectivity index (χ2v) is 5.69. The lowest BCUT2D eigenvalue weighted by Gasteiger charge is -2.30. The fourth-order valence-electron chi connectivity index (χ4n) is 2.05. The van der Waals surface area contributed by atoms with Crippen LogP contribution in [0.5, 0.6) is 0 Å². The summed E-state index contributed by atoms with van der Waals surface area (Å²) in [4.78, 5) is 1.99. The summed E-state index contributed by atoms with van der Waals surface area (Å²) in [5.41, 5.74) is 1.95. The summed E-state index contributed by atoms with van der Waals surface area (Å²) in [6.07, 6.45) is 1.91. The molecule has 1 aromatic carbocycles. The maximum absolute atomic E-state index is 9.55. The summed E-state index contributed by atoms with van der Waals surface area (Å²) in [7, 11) is 3.94. The molecule has 0 aliphatic heterocycles. The van der Waals surface area contributed by atoms with Crippen molar-refractivity contribution in [2.75, 3.05) is 37.5 Å². The van der Waals surface area contributed by atoms with E-state index >= 15 is 0 Å². The zero-order valence-corrected chi connectivity index (χ0v) is 13.1. The van der Waals surface area contributed by atoms with E-state index in [1.54, 1.807) is 0 Å². The zero-order chi connectivity index (χ0) is 14.5. The Bertz CT molecular complexity index is 395. The van der Waals surface area contributed by atoms with Gasteiger partial charge < -0.3 is 15.3 Å². The van der Waals surface area contributed by atoms with E-state index in [4.69, 9.17) is 11.6 Å². The van der Waals surface area contributed by atoms with Gasteiger partial charge in [-0.3, -0.25) is 0 Å². The number of aliphatic hydroxyl groups is 1. The molecule has 0 aliphatic carbocycles. The predicted octanol–water partition coefficient (Wildman–Crippen LogP) is 3.62. The molecule has 0 amide bonds. The van der Waals surface area contributed by atoms with Crippen LogP contribution in [0, 0.1) is 5.41 Å². The Morgan fingerprint density at radius 1 is 1.26 bits per heavy atom. The van der Waals surface area contributed by atoms with Crippen molar-refractivity contribution in [2.24, 2.45) is 5.41 Å². The van der Waals surface area contributed by atoms with Crippen LogP contribution in [0.25, 0.3) is 0 Å². The van der Waals surface area contributed by atoms with E-state index in [1.807, 2.05) is 37.2 Å². The lowest BCUT2D eigenvalue weighted by atomic mass is 9.83. The lowest BCUT2D eigenvalue weighted by Crippen LogP contribution is -2.32. The highest BCUT2D eigenvalue weighted by atomic mass is 35.5. The molecule has 108 valence electrons. The van der Waals surface area contributed by atoms with Crippen LogP contribution in [-0.2, 0) is 0 Å². The molecule has 0 atom stereocenters. The van der Waals surface area contributed by atoms with E-state index in [9.17, 15) is 5.11 Å². The highest BCUT2D eigenvalue weighted by molar-refractivity contribution is 6.33. The number of benzene rings is 1. The Kier molecular flexibility index (Phi) is 5.95. The van der Waals surface area contributed by atoms with Gasteiger partial charge in [-0.05, 0) is 31.0 Å². The topological polar surface area (TPSA) is 35.5 Å². The van der Waals surface area contributed by atoms with Gasteiger partial charge in [0.1, 0.15) is 0 Å². The van der Waals surface area contributed by atoms with Crippen LogP contribution in [0.4, 0.5) is 11.4 Å². The minimum atomic E-state index is -0.0489. The van der Waals surface area contributed by atoms with Gasteiger partial charge in [-0.2, -0.15) is 0 Å². The summed E-state index contributed by atoms with van der Waals surface area (Å²) < 4.78 is 0. The SMILES string of the molecule is CCC(CC)(CO)CNc1ccc(N(C)C)c(Cl)c1. The molecule has 0 spiro atoms. The average molecular weight is 285 g/mol. The largest absolute Gasteiger partial charge is 0.396 e. The zero-order valence-electron chi connectivity index (χ0n) is 12.3. The molecule has 1 rings (SSSR count). The first-order valence-electron chi connectivity index (χ1n) is 6.79. The summed E-state index contributed by atoms with van der Waals surface area (Å²) >= 11 is 6.24. The molecule has 0 heterocycles. The van der Waals surface area contributed by atoms with Gasteiger partial charge in [0.2, 0.25) is 0 Å². The van der Waals surface area contributed by atoms with E-state index in [1.165, 1.54) is 0 Å². The van der Waals surface area contributed by atoms with Gasteiger partial charge >= 0.3 is 0 Å². The van der Waals surface area contributed by atoms with Crippen molar-refractivity contribution in [3.8, 4) is 0 Å². The minimum Gasteiger partial charge on any atom is -0.396 e. The second-order valence-electron chi connectivity index (χ2n) is 5.28. The molecular weight excluding hydrogens is 260 g/mol. The van der Waals surface area contributed by atoms with Gasteiger partial charge in [-0.1, -0.05) is 25.4 Å². The molecule has 0 saturated heterocycles. The van der Waals surface area contributed by atoms with Crippen LogP contribution in [-0.4, -0.2) is 32.4 Å². The molecule has 1 aromatic rings. The number of aliphatic hydroxyl groups excluding tert-OH is 1. The first-order chi connectivity index (χ1) is 8.98. The van der Waals surface area contributed by atoms with Gasteiger partial charge in [-0.15, -0.1) is 0 Å². The maximum Gasteiger partial charge on any atom is 0.0659 e. The summed E-state index contributed by atoms with van der Waals surface area (Å²) in [5, 5.41) is 13.7. The Balaban J connectivity index is 2.76. The number of anilines is 2. The normalized spacial score (nSPS) is 11.5. The summed E-state index contributed by atoms with van der Waals surface area (Å²) in [5.74, 6) is 0. The fraction of sp³-hybridized carbons (Fsp3) is 0.600. The van der Waals surface area contributed by atoms with Crippen LogP contribution in [0.15, 0.2) is 18.2 Å². The lowest BCUT2D eigenvalue weighted by molar-refractivity contribution is 0.127. The van der Waals surface area contributed by atoms with Crippen molar-refractivity contribution < 1.29 is 5.11 Å². The number of rotatable bonds is 7. The fourth-order valence-corrected chi connectivity index (χ4v) is 2.40. The Labute approximate surface area is 121 Å². The minimum absolute atomic E-state index is 0.0489. The Morgan fingerprint density at radius 3 is 2.32 bits per heavy atom. The monoisotopic (exact) mass is 284 g/mol. The Hall–Kier alpha value is -0.930. The van der Waals surface area contributed by atoms with E-state index < -0.39 is 0 Å². The molecule has 0 bridgehead atoms. The van der Waals surface area contributed by atoms with Crippen LogP contribution in [0.1, 0.15) is 26.7 Å². The molecule has 0 aliphatic rings. The highest BCUT2D eigenvalue weighted by Crippen LogP contribution is 2.30. The molecular formula is C15H25ClN2O.